The van der Waals surface area contributed by atoms with E-state index < -0.39 is 35.1 Å². The molecule has 0 spiro atoms. The molecule has 3 rings (SSSR count). The summed E-state index contributed by atoms with van der Waals surface area (Å²) in [6, 6.07) is 2.71. The molecule has 0 aromatic heterocycles. The van der Waals surface area contributed by atoms with E-state index >= 15 is 0 Å². The first-order valence-electron chi connectivity index (χ1n) is 12.9. The van der Waals surface area contributed by atoms with Crippen LogP contribution >= 0.6 is 0 Å². The molecule has 7 nitrogen and oxygen atoms in total. The molecule has 0 aliphatic carbocycles. The first kappa shape index (κ1) is 28.9. The summed E-state index contributed by atoms with van der Waals surface area (Å²) >= 11 is 0. The lowest BCUT2D eigenvalue weighted by molar-refractivity contribution is -0.140. The predicted molar refractivity (Wildman–Crippen MR) is 139 cm³/mol. The molecule has 1 aromatic rings. The minimum Gasteiger partial charge on any atom is -0.391 e. The first-order chi connectivity index (χ1) is 17.2. The van der Waals surface area contributed by atoms with Crippen LogP contribution in [0.3, 0.4) is 0 Å². The molecule has 1 fully saturated rings. The standard InChI is InChI=1S/C28H40F2N4O3/c1-16(17(2)26(36)32-25(28(3,4)5)27(37)34-12-9-19(35)14-34)20-10-11-33(6)15-21(20)24(31)18-7-8-22(29)23(30)13-18/h7-8,13,16-17,19,25,31,35H,9-12,14-15H2,1-6H3,(H,32,36). The number of aliphatic hydroxyl groups is 1. The number of hydrogen-bond donors (Lipinski definition) is 3. The lowest BCUT2D eigenvalue weighted by Crippen LogP contribution is -2.55. The highest BCUT2D eigenvalue weighted by atomic mass is 19.2. The highest BCUT2D eigenvalue weighted by Gasteiger charge is 2.39. The van der Waals surface area contributed by atoms with Crippen LogP contribution < -0.4 is 5.32 Å². The van der Waals surface area contributed by atoms with Gasteiger partial charge in [-0.2, -0.15) is 0 Å². The predicted octanol–water partition coefficient (Wildman–Crippen LogP) is 3.36. The minimum absolute atomic E-state index is 0.121. The lowest BCUT2D eigenvalue weighted by Gasteiger charge is -2.36. The molecule has 1 saturated heterocycles. The van der Waals surface area contributed by atoms with E-state index in [2.05, 4.69) is 10.2 Å². The average Bonchev–Trinajstić information content (AvgIpc) is 3.27. The number of nitrogens with zero attached hydrogens (tertiary/aromatic N) is 2. The maximum Gasteiger partial charge on any atom is 0.245 e. The van der Waals surface area contributed by atoms with E-state index in [4.69, 9.17) is 5.41 Å². The van der Waals surface area contributed by atoms with Crippen molar-refractivity contribution in [3.63, 3.8) is 0 Å². The number of carbonyl (C=O) groups is 2. The molecule has 9 heteroatoms. The molecule has 4 atom stereocenters. The summed E-state index contributed by atoms with van der Waals surface area (Å²) in [4.78, 5) is 30.4. The van der Waals surface area contributed by atoms with E-state index in [0.29, 0.717) is 31.5 Å². The Morgan fingerprint density at radius 2 is 1.84 bits per heavy atom. The number of β-amino-alcohol motifs (C(OH)–C–C–N with tert-alkyl or cyclic N) is 1. The lowest BCUT2D eigenvalue weighted by atomic mass is 9.79. The van der Waals surface area contributed by atoms with E-state index in [9.17, 15) is 23.5 Å². The van der Waals surface area contributed by atoms with Gasteiger partial charge in [-0.3, -0.25) is 15.0 Å². The highest BCUT2D eigenvalue weighted by Crippen LogP contribution is 2.32. The Morgan fingerprint density at radius 3 is 2.41 bits per heavy atom. The van der Waals surface area contributed by atoms with Crippen molar-refractivity contribution in [3.8, 4) is 0 Å². The third kappa shape index (κ3) is 6.62. The number of carbonyl (C=O) groups excluding carboxylic acids is 2. The van der Waals surface area contributed by atoms with E-state index in [1.165, 1.54) is 6.07 Å². The number of rotatable bonds is 7. The van der Waals surface area contributed by atoms with E-state index in [1.54, 1.807) is 4.90 Å². The van der Waals surface area contributed by atoms with Crippen molar-refractivity contribution >= 4 is 17.5 Å². The average molecular weight is 519 g/mol. The summed E-state index contributed by atoms with van der Waals surface area (Å²) in [5, 5.41) is 21.6. The van der Waals surface area contributed by atoms with Crippen molar-refractivity contribution in [2.45, 2.75) is 59.6 Å². The van der Waals surface area contributed by atoms with Crippen LogP contribution in [0, 0.1) is 34.3 Å². The third-order valence-corrected chi connectivity index (χ3v) is 7.68. The molecule has 2 aliphatic rings. The maximum atomic E-state index is 13.9. The Bertz CT molecular complexity index is 1080. The second-order valence-corrected chi connectivity index (χ2v) is 11.6. The van der Waals surface area contributed by atoms with Gasteiger partial charge in [-0.15, -0.1) is 0 Å². The van der Waals surface area contributed by atoms with Crippen molar-refractivity contribution in [1.82, 2.24) is 15.1 Å². The van der Waals surface area contributed by atoms with Crippen molar-refractivity contribution in [1.29, 1.82) is 5.41 Å². The zero-order valence-corrected chi connectivity index (χ0v) is 22.7. The van der Waals surface area contributed by atoms with Gasteiger partial charge >= 0.3 is 0 Å². The van der Waals surface area contributed by atoms with Gasteiger partial charge in [0.2, 0.25) is 11.8 Å². The maximum absolute atomic E-state index is 13.9. The number of nitrogens with one attached hydrogen (secondary N) is 2. The molecule has 1 aromatic carbocycles. The quantitative estimate of drug-likeness (QED) is 0.483. The minimum atomic E-state index is -1.00. The van der Waals surface area contributed by atoms with E-state index in [0.717, 1.165) is 24.3 Å². The number of halogens is 2. The summed E-state index contributed by atoms with van der Waals surface area (Å²) < 4.78 is 27.4. The molecule has 2 amide bonds. The topological polar surface area (TPSA) is 96.7 Å². The third-order valence-electron chi connectivity index (χ3n) is 7.68. The molecule has 0 radical (unpaired) electrons. The molecular weight excluding hydrogens is 478 g/mol. The number of likely N-dealkylation sites (N-methyl/N-ethyl adjacent to an activating group) is 1. The zero-order valence-electron chi connectivity index (χ0n) is 22.7. The van der Waals surface area contributed by atoms with Crippen molar-refractivity contribution < 1.29 is 23.5 Å². The van der Waals surface area contributed by atoms with Gasteiger partial charge in [-0.25, -0.2) is 8.78 Å². The van der Waals surface area contributed by atoms with Gasteiger partial charge in [0.15, 0.2) is 11.6 Å². The van der Waals surface area contributed by atoms with Crippen LogP contribution in [-0.2, 0) is 9.59 Å². The zero-order chi connectivity index (χ0) is 27.7. The molecule has 0 bridgehead atoms. The van der Waals surface area contributed by atoms with Gasteiger partial charge < -0.3 is 20.2 Å². The fraction of sp³-hybridized carbons (Fsp3) is 0.607. The molecule has 37 heavy (non-hydrogen) atoms. The molecular formula is C28H40F2N4O3. The van der Waals surface area contributed by atoms with E-state index in [-0.39, 0.29) is 35.6 Å². The highest BCUT2D eigenvalue weighted by molar-refractivity contribution is 6.11. The molecule has 0 saturated carbocycles. The van der Waals surface area contributed by atoms with Crippen LogP contribution in [-0.4, -0.2) is 77.8 Å². The van der Waals surface area contributed by atoms with Crippen LogP contribution in [0.4, 0.5) is 8.78 Å². The largest absolute Gasteiger partial charge is 0.391 e. The van der Waals surface area contributed by atoms with E-state index in [1.807, 2.05) is 41.7 Å². The Hall–Kier alpha value is -2.65. The number of likely N-dealkylation sites (tertiary alicyclic amines) is 1. The molecule has 2 heterocycles. The van der Waals surface area contributed by atoms with Crippen molar-refractivity contribution in [2.75, 3.05) is 33.2 Å². The summed E-state index contributed by atoms with van der Waals surface area (Å²) in [7, 11) is 1.94. The monoisotopic (exact) mass is 518 g/mol. The van der Waals surface area contributed by atoms with Gasteiger partial charge in [0.05, 0.1) is 11.8 Å². The Labute approximate surface area is 218 Å². The summed E-state index contributed by atoms with van der Waals surface area (Å²) in [6.07, 6.45) is 0.627. The summed E-state index contributed by atoms with van der Waals surface area (Å²) in [5.74, 6) is -3.15. The Kier molecular flexibility index (Phi) is 8.90. The normalized spacial score (nSPS) is 21.5. The van der Waals surface area contributed by atoms with Gasteiger partial charge in [-0.1, -0.05) is 40.2 Å². The Balaban J connectivity index is 1.84. The number of aliphatic hydroxyl groups excluding tert-OH is 1. The second kappa shape index (κ2) is 11.4. The van der Waals surface area contributed by atoms with Crippen LogP contribution in [0.15, 0.2) is 29.3 Å². The van der Waals surface area contributed by atoms with Crippen LogP contribution in [0.2, 0.25) is 0 Å². The smallest absolute Gasteiger partial charge is 0.245 e. The molecule has 4 unspecified atom stereocenters. The number of amides is 2. The SMILES string of the molecule is CC(C(=O)NC(C(=O)N1CCC(O)C1)C(C)(C)C)C(C)C1=C(C(=N)c2ccc(F)c(F)c2)CN(C)CC1. The van der Waals surface area contributed by atoms with Crippen molar-refractivity contribution in [3.05, 3.63) is 46.5 Å². The van der Waals surface area contributed by atoms with Gasteiger partial charge in [0, 0.05) is 37.7 Å². The number of hydrogen-bond acceptors (Lipinski definition) is 5. The molecule has 2 aliphatic heterocycles. The van der Waals surface area contributed by atoms with Crippen LogP contribution in [0.5, 0.6) is 0 Å². The second-order valence-electron chi connectivity index (χ2n) is 11.6. The van der Waals surface area contributed by atoms with Gasteiger partial charge in [0.1, 0.15) is 6.04 Å². The van der Waals surface area contributed by atoms with Gasteiger partial charge in [0.25, 0.3) is 0 Å². The first-order valence-corrected chi connectivity index (χ1v) is 12.9. The Morgan fingerprint density at radius 1 is 1.16 bits per heavy atom. The van der Waals surface area contributed by atoms with Gasteiger partial charge in [-0.05, 0) is 55.0 Å². The number of benzene rings is 1. The molecule has 204 valence electrons. The molecule has 3 N–H and O–H groups in total. The van der Waals surface area contributed by atoms with Crippen LogP contribution in [0.1, 0.15) is 53.0 Å². The fourth-order valence-corrected chi connectivity index (χ4v) is 5.06. The summed E-state index contributed by atoms with van der Waals surface area (Å²) in [5.41, 5.74) is 1.53. The van der Waals surface area contributed by atoms with Crippen LogP contribution in [0.25, 0.3) is 0 Å². The van der Waals surface area contributed by atoms with Crippen molar-refractivity contribution in [2.24, 2.45) is 17.3 Å². The fourth-order valence-electron chi connectivity index (χ4n) is 5.06. The summed E-state index contributed by atoms with van der Waals surface area (Å²) in [6.45, 7) is 11.4.